The molecule has 7 nitrogen and oxygen atoms in total. The van der Waals surface area contributed by atoms with Crippen molar-refractivity contribution in [1.29, 1.82) is 0 Å². The predicted molar refractivity (Wildman–Crippen MR) is 111 cm³/mol. The molecular weight excluding hydrogens is 378 g/mol. The molecule has 1 heterocycles. The minimum Gasteiger partial charge on any atom is -0.497 e. The number of methoxy groups -OCH3 is 2. The van der Waals surface area contributed by atoms with E-state index in [9.17, 15) is 9.59 Å². The van der Waals surface area contributed by atoms with E-state index in [2.05, 4.69) is 15.6 Å². The largest absolute Gasteiger partial charge is 0.497 e. The van der Waals surface area contributed by atoms with Gasteiger partial charge in [0.1, 0.15) is 11.5 Å². The van der Waals surface area contributed by atoms with Crippen molar-refractivity contribution in [1.82, 2.24) is 4.98 Å². The number of hydrogen-bond donors (Lipinski definition) is 2. The van der Waals surface area contributed by atoms with E-state index in [-0.39, 0.29) is 11.8 Å². The Morgan fingerprint density at radius 3 is 2.61 bits per heavy atom. The summed E-state index contributed by atoms with van der Waals surface area (Å²) in [6.45, 7) is 1.45. The molecule has 0 aliphatic heterocycles. The summed E-state index contributed by atoms with van der Waals surface area (Å²) in [5.41, 5.74) is 2.19. The van der Waals surface area contributed by atoms with Crippen LogP contribution < -0.4 is 20.1 Å². The van der Waals surface area contributed by atoms with Crippen molar-refractivity contribution in [3.8, 4) is 11.5 Å². The smallest absolute Gasteiger partial charge is 0.250 e. The van der Waals surface area contributed by atoms with Gasteiger partial charge >= 0.3 is 0 Å². The van der Waals surface area contributed by atoms with Crippen molar-refractivity contribution in [3.05, 3.63) is 48.0 Å². The number of nitrogens with one attached hydrogen (secondary N) is 2. The Labute approximate surface area is 166 Å². The Hall–Kier alpha value is -3.39. The molecule has 1 aromatic heterocycles. The molecule has 0 saturated carbocycles. The van der Waals surface area contributed by atoms with Gasteiger partial charge in [0.15, 0.2) is 5.13 Å². The fraction of sp³-hybridized carbons (Fsp3) is 0.150. The summed E-state index contributed by atoms with van der Waals surface area (Å²) in [7, 11) is 3.14. The lowest BCUT2D eigenvalue weighted by atomic mass is 10.1. The molecule has 144 valence electrons. The Morgan fingerprint density at radius 2 is 1.89 bits per heavy atom. The van der Waals surface area contributed by atoms with Gasteiger partial charge in [0.05, 0.1) is 24.4 Å². The van der Waals surface area contributed by atoms with Gasteiger partial charge in [-0.2, -0.15) is 0 Å². The van der Waals surface area contributed by atoms with E-state index in [1.807, 2.05) is 12.1 Å². The third-order valence-corrected chi connectivity index (χ3v) is 4.73. The van der Waals surface area contributed by atoms with Crippen molar-refractivity contribution in [2.75, 3.05) is 24.9 Å². The molecular formula is C20H19N3O4S. The quantitative estimate of drug-likeness (QED) is 0.615. The lowest BCUT2D eigenvalue weighted by Crippen LogP contribution is -2.07. The number of carbonyl (C=O) groups is 2. The minimum atomic E-state index is -0.306. The number of nitrogens with zero attached hydrogens (tertiary/aromatic N) is 1. The summed E-state index contributed by atoms with van der Waals surface area (Å²) in [6.07, 6.45) is 3.08. The van der Waals surface area contributed by atoms with Crippen LogP contribution >= 0.6 is 11.3 Å². The Morgan fingerprint density at radius 1 is 1.07 bits per heavy atom. The van der Waals surface area contributed by atoms with Gasteiger partial charge in [-0.1, -0.05) is 11.3 Å². The average Bonchev–Trinajstić information content (AvgIpc) is 3.07. The molecule has 2 amide bonds. The van der Waals surface area contributed by atoms with Gasteiger partial charge in [-0.15, -0.1) is 0 Å². The van der Waals surface area contributed by atoms with Gasteiger partial charge in [-0.3, -0.25) is 14.9 Å². The molecule has 0 radical (unpaired) electrons. The number of anilines is 2. The molecule has 0 unspecified atom stereocenters. The molecule has 0 fully saturated rings. The van der Waals surface area contributed by atoms with Crippen LogP contribution in [0.25, 0.3) is 16.3 Å². The third-order valence-electron chi connectivity index (χ3n) is 3.79. The summed E-state index contributed by atoms with van der Waals surface area (Å²) in [6, 6.07) is 10.7. The van der Waals surface area contributed by atoms with E-state index < -0.39 is 0 Å². The van der Waals surface area contributed by atoms with E-state index in [1.54, 1.807) is 44.6 Å². The molecule has 8 heteroatoms. The van der Waals surface area contributed by atoms with Crippen LogP contribution in [-0.2, 0) is 9.59 Å². The normalized spacial score (nSPS) is 10.8. The van der Waals surface area contributed by atoms with E-state index in [1.165, 1.54) is 24.3 Å². The van der Waals surface area contributed by atoms with Crippen molar-refractivity contribution in [2.24, 2.45) is 0 Å². The van der Waals surface area contributed by atoms with Crippen LogP contribution in [0.3, 0.4) is 0 Å². The van der Waals surface area contributed by atoms with Crippen LogP contribution in [0, 0.1) is 0 Å². The summed E-state index contributed by atoms with van der Waals surface area (Å²) in [5, 5.41) is 5.95. The SMILES string of the molecule is COc1ccc(/C=C/C(=O)Nc2nc3ccc(NC(C)=O)cc3s2)c(OC)c1. The van der Waals surface area contributed by atoms with Gasteiger partial charge in [0, 0.05) is 30.3 Å². The topological polar surface area (TPSA) is 89.5 Å². The molecule has 0 aliphatic rings. The molecule has 3 aromatic rings. The second-order valence-electron chi connectivity index (χ2n) is 5.81. The van der Waals surface area contributed by atoms with Crippen molar-refractivity contribution in [3.63, 3.8) is 0 Å². The zero-order valence-corrected chi connectivity index (χ0v) is 16.4. The summed E-state index contributed by atoms with van der Waals surface area (Å²) < 4.78 is 11.3. The van der Waals surface area contributed by atoms with E-state index >= 15 is 0 Å². The number of ether oxygens (including phenoxy) is 2. The maximum Gasteiger partial charge on any atom is 0.250 e. The molecule has 0 aliphatic carbocycles. The standard InChI is InChI=1S/C20H19N3O4S/c1-12(24)21-14-6-8-16-18(10-14)28-20(22-16)23-19(25)9-5-13-4-7-15(26-2)11-17(13)27-3/h4-11H,1-3H3,(H,21,24)(H,22,23,25)/b9-5+. The van der Waals surface area contributed by atoms with Crippen molar-refractivity contribution >= 4 is 50.3 Å². The number of rotatable bonds is 6. The highest BCUT2D eigenvalue weighted by atomic mass is 32.1. The van der Waals surface area contributed by atoms with E-state index in [0.29, 0.717) is 22.3 Å². The van der Waals surface area contributed by atoms with Gasteiger partial charge in [0.25, 0.3) is 0 Å². The lowest BCUT2D eigenvalue weighted by Gasteiger charge is -2.07. The number of fused-ring (bicyclic) bond motifs is 1. The van der Waals surface area contributed by atoms with Crippen LogP contribution in [0.2, 0.25) is 0 Å². The number of carbonyl (C=O) groups excluding carboxylic acids is 2. The predicted octanol–water partition coefficient (Wildman–Crippen LogP) is 3.92. The Kier molecular flexibility index (Phi) is 5.90. The van der Waals surface area contributed by atoms with Crippen LogP contribution in [0.15, 0.2) is 42.5 Å². The molecule has 3 rings (SSSR count). The second kappa shape index (κ2) is 8.53. The maximum absolute atomic E-state index is 12.2. The highest BCUT2D eigenvalue weighted by Crippen LogP contribution is 2.29. The number of benzene rings is 2. The van der Waals surface area contributed by atoms with Gasteiger partial charge in [-0.25, -0.2) is 4.98 Å². The monoisotopic (exact) mass is 397 g/mol. The maximum atomic E-state index is 12.2. The third kappa shape index (κ3) is 4.66. The molecule has 0 spiro atoms. The highest BCUT2D eigenvalue weighted by Gasteiger charge is 2.08. The minimum absolute atomic E-state index is 0.142. The molecule has 0 bridgehead atoms. The zero-order valence-electron chi connectivity index (χ0n) is 15.6. The number of hydrogen-bond acceptors (Lipinski definition) is 6. The first-order valence-corrected chi connectivity index (χ1v) is 9.19. The average molecular weight is 397 g/mol. The number of thiazole rings is 1. The number of aromatic nitrogens is 1. The molecule has 0 atom stereocenters. The number of amides is 2. The fourth-order valence-corrected chi connectivity index (χ4v) is 3.44. The van der Waals surface area contributed by atoms with Crippen LogP contribution in [0.4, 0.5) is 10.8 Å². The highest BCUT2D eigenvalue weighted by molar-refractivity contribution is 7.22. The lowest BCUT2D eigenvalue weighted by molar-refractivity contribution is -0.114. The molecule has 2 aromatic carbocycles. The molecule has 2 N–H and O–H groups in total. The van der Waals surface area contributed by atoms with Gasteiger partial charge in [0.2, 0.25) is 11.8 Å². The Balaban J connectivity index is 1.72. The Bertz CT molecular complexity index is 1060. The van der Waals surface area contributed by atoms with Crippen LogP contribution in [0.1, 0.15) is 12.5 Å². The summed E-state index contributed by atoms with van der Waals surface area (Å²) in [4.78, 5) is 27.8. The first-order chi connectivity index (χ1) is 13.5. The van der Waals surface area contributed by atoms with Crippen molar-refractivity contribution < 1.29 is 19.1 Å². The fourth-order valence-electron chi connectivity index (χ4n) is 2.53. The first kappa shape index (κ1) is 19.4. The summed E-state index contributed by atoms with van der Waals surface area (Å²) >= 11 is 1.33. The van der Waals surface area contributed by atoms with Gasteiger partial charge in [-0.05, 0) is 36.4 Å². The van der Waals surface area contributed by atoms with Crippen molar-refractivity contribution in [2.45, 2.75) is 6.92 Å². The molecule has 28 heavy (non-hydrogen) atoms. The van der Waals surface area contributed by atoms with E-state index in [0.717, 1.165) is 15.8 Å². The van der Waals surface area contributed by atoms with Crippen LogP contribution in [-0.4, -0.2) is 31.0 Å². The molecule has 0 saturated heterocycles. The first-order valence-electron chi connectivity index (χ1n) is 8.38. The van der Waals surface area contributed by atoms with Gasteiger partial charge < -0.3 is 14.8 Å². The second-order valence-corrected chi connectivity index (χ2v) is 6.84. The summed E-state index contributed by atoms with van der Waals surface area (Å²) in [5.74, 6) is 0.830. The zero-order chi connectivity index (χ0) is 20.1. The van der Waals surface area contributed by atoms with Crippen LogP contribution in [0.5, 0.6) is 11.5 Å². The van der Waals surface area contributed by atoms with E-state index in [4.69, 9.17) is 9.47 Å².